The SMILES string of the molecule is CC1C=Cc2c(n(-c3cccc(-c4ccc5oc6ccccc6c5c4)c3)c3ccccc23)C1. The summed E-state index contributed by atoms with van der Waals surface area (Å²) in [7, 11) is 0. The van der Waals surface area contributed by atoms with Gasteiger partial charge in [-0.15, -0.1) is 0 Å². The van der Waals surface area contributed by atoms with Gasteiger partial charge >= 0.3 is 0 Å². The highest BCUT2D eigenvalue weighted by Crippen LogP contribution is 2.37. The summed E-state index contributed by atoms with van der Waals surface area (Å²) in [5, 5.41) is 3.65. The second-order valence-corrected chi connectivity index (χ2v) is 9.11. The van der Waals surface area contributed by atoms with Crippen LogP contribution in [0.25, 0.3) is 55.7 Å². The second kappa shape index (κ2) is 6.98. The summed E-state index contributed by atoms with van der Waals surface area (Å²) in [5.74, 6) is 0.542. The van der Waals surface area contributed by atoms with Gasteiger partial charge in [-0.05, 0) is 59.9 Å². The van der Waals surface area contributed by atoms with Gasteiger partial charge < -0.3 is 8.98 Å². The minimum Gasteiger partial charge on any atom is -0.456 e. The molecule has 0 saturated heterocycles. The molecule has 1 aliphatic carbocycles. The van der Waals surface area contributed by atoms with Crippen molar-refractivity contribution >= 4 is 38.9 Å². The highest BCUT2D eigenvalue weighted by atomic mass is 16.3. The molecule has 1 unspecified atom stereocenters. The number of rotatable bonds is 2. The third kappa shape index (κ3) is 2.81. The lowest BCUT2D eigenvalue weighted by atomic mass is 9.94. The number of nitrogens with zero attached hydrogens (tertiary/aromatic N) is 1. The minimum absolute atomic E-state index is 0.542. The summed E-state index contributed by atoms with van der Waals surface area (Å²) in [6.07, 6.45) is 5.70. The van der Waals surface area contributed by atoms with Crippen molar-refractivity contribution in [1.82, 2.24) is 4.57 Å². The molecule has 2 aromatic heterocycles. The molecule has 0 aliphatic heterocycles. The smallest absolute Gasteiger partial charge is 0.135 e. The Morgan fingerprint density at radius 1 is 0.727 bits per heavy atom. The molecule has 158 valence electrons. The zero-order chi connectivity index (χ0) is 21.9. The molecule has 0 amide bonds. The first kappa shape index (κ1) is 18.5. The molecule has 7 rings (SSSR count). The Labute approximate surface area is 192 Å². The quantitative estimate of drug-likeness (QED) is 0.272. The van der Waals surface area contributed by atoms with Gasteiger partial charge in [0.2, 0.25) is 0 Å². The second-order valence-electron chi connectivity index (χ2n) is 9.11. The molecule has 33 heavy (non-hydrogen) atoms. The third-order valence-corrected chi connectivity index (χ3v) is 6.94. The molecular formula is C31H23NO. The molecule has 0 N–H and O–H groups in total. The van der Waals surface area contributed by atoms with E-state index in [9.17, 15) is 0 Å². The van der Waals surface area contributed by atoms with Crippen molar-refractivity contribution in [2.45, 2.75) is 13.3 Å². The minimum atomic E-state index is 0.542. The van der Waals surface area contributed by atoms with E-state index in [4.69, 9.17) is 4.42 Å². The summed E-state index contributed by atoms with van der Waals surface area (Å²) < 4.78 is 8.49. The van der Waals surface area contributed by atoms with Crippen molar-refractivity contribution in [3.8, 4) is 16.8 Å². The number of aromatic nitrogens is 1. The zero-order valence-electron chi connectivity index (χ0n) is 18.5. The van der Waals surface area contributed by atoms with Crippen LogP contribution in [-0.2, 0) is 6.42 Å². The molecule has 0 spiro atoms. The van der Waals surface area contributed by atoms with Crippen molar-refractivity contribution in [3.05, 3.63) is 108 Å². The first-order valence-corrected chi connectivity index (χ1v) is 11.6. The van der Waals surface area contributed by atoms with Gasteiger partial charge in [0, 0.05) is 33.1 Å². The Bertz CT molecular complexity index is 1710. The lowest BCUT2D eigenvalue weighted by Gasteiger charge is -2.17. The molecule has 4 aromatic carbocycles. The predicted octanol–water partition coefficient (Wildman–Crippen LogP) is 8.40. The predicted molar refractivity (Wildman–Crippen MR) is 138 cm³/mol. The van der Waals surface area contributed by atoms with Gasteiger partial charge in [-0.2, -0.15) is 0 Å². The standard InChI is InChI=1S/C31H23NO/c1-20-13-15-25-24-9-2-4-11-28(24)32(29(25)17-20)23-8-6-7-21(18-23)22-14-16-31-27(19-22)26-10-3-5-12-30(26)33-31/h2-16,18-20H,17H2,1H3. The summed E-state index contributed by atoms with van der Waals surface area (Å²) in [6.45, 7) is 2.29. The number of fused-ring (bicyclic) bond motifs is 6. The van der Waals surface area contributed by atoms with E-state index in [-0.39, 0.29) is 0 Å². The molecule has 0 bridgehead atoms. The van der Waals surface area contributed by atoms with Crippen LogP contribution in [0.3, 0.4) is 0 Å². The van der Waals surface area contributed by atoms with E-state index in [1.54, 1.807) is 0 Å². The maximum Gasteiger partial charge on any atom is 0.135 e. The summed E-state index contributed by atoms with van der Waals surface area (Å²) in [6, 6.07) is 32.5. The van der Waals surface area contributed by atoms with Gasteiger partial charge in [-0.25, -0.2) is 0 Å². The third-order valence-electron chi connectivity index (χ3n) is 6.94. The van der Waals surface area contributed by atoms with Crippen LogP contribution in [0.15, 0.2) is 101 Å². The summed E-state index contributed by atoms with van der Waals surface area (Å²) in [5.41, 5.74) is 9.53. The first-order chi connectivity index (χ1) is 16.3. The fourth-order valence-electron chi connectivity index (χ4n) is 5.36. The van der Waals surface area contributed by atoms with Crippen LogP contribution in [0, 0.1) is 5.92 Å². The van der Waals surface area contributed by atoms with Crippen LogP contribution < -0.4 is 0 Å². The molecule has 6 aromatic rings. The van der Waals surface area contributed by atoms with Gasteiger partial charge in [0.05, 0.1) is 5.52 Å². The van der Waals surface area contributed by atoms with E-state index in [1.807, 2.05) is 12.1 Å². The van der Waals surface area contributed by atoms with Gasteiger partial charge in [-0.1, -0.05) is 73.7 Å². The molecule has 1 atom stereocenters. The van der Waals surface area contributed by atoms with E-state index < -0.39 is 0 Å². The van der Waals surface area contributed by atoms with Crippen molar-refractivity contribution in [2.75, 3.05) is 0 Å². The molecule has 0 fully saturated rings. The zero-order valence-corrected chi connectivity index (χ0v) is 18.5. The monoisotopic (exact) mass is 425 g/mol. The number of allylic oxidation sites excluding steroid dienone is 1. The number of hydrogen-bond acceptors (Lipinski definition) is 1. The largest absolute Gasteiger partial charge is 0.456 e. The Kier molecular flexibility index (Phi) is 3.92. The molecule has 2 nitrogen and oxygen atoms in total. The number of hydrogen-bond donors (Lipinski definition) is 0. The van der Waals surface area contributed by atoms with Gasteiger partial charge in [-0.3, -0.25) is 0 Å². The normalized spacial score (nSPS) is 15.5. The molecule has 0 saturated carbocycles. The highest BCUT2D eigenvalue weighted by Gasteiger charge is 2.21. The average Bonchev–Trinajstić information content (AvgIpc) is 3.39. The van der Waals surface area contributed by atoms with Crippen molar-refractivity contribution in [3.63, 3.8) is 0 Å². The summed E-state index contributed by atoms with van der Waals surface area (Å²) >= 11 is 0. The fraction of sp³-hybridized carbons (Fsp3) is 0.0968. The number of benzene rings is 4. The van der Waals surface area contributed by atoms with Crippen LogP contribution in [0.1, 0.15) is 18.2 Å². The van der Waals surface area contributed by atoms with Crippen LogP contribution >= 0.6 is 0 Å². The Balaban J connectivity index is 1.43. The molecular weight excluding hydrogens is 402 g/mol. The van der Waals surface area contributed by atoms with E-state index in [0.29, 0.717) is 5.92 Å². The van der Waals surface area contributed by atoms with Crippen LogP contribution in [0.5, 0.6) is 0 Å². The number of para-hydroxylation sites is 2. The van der Waals surface area contributed by atoms with E-state index in [2.05, 4.69) is 103 Å². The highest BCUT2D eigenvalue weighted by molar-refractivity contribution is 6.06. The Morgan fingerprint density at radius 2 is 1.52 bits per heavy atom. The fourth-order valence-corrected chi connectivity index (χ4v) is 5.36. The molecule has 2 heterocycles. The van der Waals surface area contributed by atoms with Crippen molar-refractivity contribution < 1.29 is 4.42 Å². The van der Waals surface area contributed by atoms with E-state index in [1.165, 1.54) is 39.0 Å². The van der Waals surface area contributed by atoms with Crippen LogP contribution in [-0.4, -0.2) is 4.57 Å². The topological polar surface area (TPSA) is 18.1 Å². The van der Waals surface area contributed by atoms with E-state index >= 15 is 0 Å². The lowest BCUT2D eigenvalue weighted by molar-refractivity contribution is 0.669. The maximum atomic E-state index is 6.04. The molecule has 2 heteroatoms. The van der Waals surface area contributed by atoms with Crippen molar-refractivity contribution in [2.24, 2.45) is 5.92 Å². The van der Waals surface area contributed by atoms with Gasteiger partial charge in [0.25, 0.3) is 0 Å². The van der Waals surface area contributed by atoms with Crippen LogP contribution in [0.4, 0.5) is 0 Å². The maximum absolute atomic E-state index is 6.04. The Morgan fingerprint density at radius 3 is 2.45 bits per heavy atom. The first-order valence-electron chi connectivity index (χ1n) is 11.6. The number of furan rings is 1. The van der Waals surface area contributed by atoms with E-state index in [0.717, 1.165) is 28.4 Å². The van der Waals surface area contributed by atoms with Crippen molar-refractivity contribution in [1.29, 1.82) is 0 Å². The molecule has 1 aliphatic rings. The average molecular weight is 426 g/mol. The lowest BCUT2D eigenvalue weighted by Crippen LogP contribution is -2.08. The van der Waals surface area contributed by atoms with Gasteiger partial charge in [0.15, 0.2) is 0 Å². The van der Waals surface area contributed by atoms with Gasteiger partial charge in [0.1, 0.15) is 11.2 Å². The Hall–Kier alpha value is -4.04. The van der Waals surface area contributed by atoms with Crippen LogP contribution in [0.2, 0.25) is 0 Å². The summed E-state index contributed by atoms with van der Waals surface area (Å²) in [4.78, 5) is 0. The molecule has 0 radical (unpaired) electrons.